The topological polar surface area (TPSA) is 45.8 Å². The van der Waals surface area contributed by atoms with Gasteiger partial charge in [-0.3, -0.25) is 4.79 Å². The van der Waals surface area contributed by atoms with Crippen molar-refractivity contribution in [1.82, 2.24) is 9.97 Å². The van der Waals surface area contributed by atoms with Gasteiger partial charge in [0.15, 0.2) is 0 Å². The highest BCUT2D eigenvalue weighted by Gasteiger charge is 2.00. The molecule has 0 aliphatic heterocycles. The minimum absolute atomic E-state index is 0.200. The van der Waals surface area contributed by atoms with Crippen molar-refractivity contribution in [3.63, 3.8) is 0 Å². The standard InChI is InChI=1S/C16H11ClN2O/c17-12-8-5-11(6-9-12)7-10-15-16(20)19-14-4-2-1-3-13(14)18-15/h1-10H,(H,19,20)/b10-7+. The zero-order valence-electron chi connectivity index (χ0n) is 10.5. The molecule has 0 radical (unpaired) electrons. The van der Waals surface area contributed by atoms with Gasteiger partial charge >= 0.3 is 0 Å². The van der Waals surface area contributed by atoms with E-state index in [9.17, 15) is 4.79 Å². The van der Waals surface area contributed by atoms with E-state index in [1.807, 2.05) is 42.5 Å². The van der Waals surface area contributed by atoms with E-state index in [0.717, 1.165) is 16.6 Å². The molecule has 1 N–H and O–H groups in total. The Morgan fingerprint density at radius 2 is 1.75 bits per heavy atom. The van der Waals surface area contributed by atoms with Crippen LogP contribution in [0.2, 0.25) is 5.02 Å². The molecule has 0 unspecified atom stereocenters. The van der Waals surface area contributed by atoms with Crippen molar-refractivity contribution in [3.05, 3.63) is 75.2 Å². The van der Waals surface area contributed by atoms with Gasteiger partial charge in [0.05, 0.1) is 11.0 Å². The number of hydrogen-bond donors (Lipinski definition) is 1. The second kappa shape index (κ2) is 5.31. The summed E-state index contributed by atoms with van der Waals surface area (Å²) in [5.74, 6) is 0. The van der Waals surface area contributed by atoms with Crippen LogP contribution in [-0.2, 0) is 0 Å². The molecule has 3 nitrogen and oxygen atoms in total. The Hall–Kier alpha value is -2.39. The van der Waals surface area contributed by atoms with E-state index < -0.39 is 0 Å². The monoisotopic (exact) mass is 282 g/mol. The lowest BCUT2D eigenvalue weighted by Crippen LogP contribution is -2.11. The van der Waals surface area contributed by atoms with Crippen LogP contribution < -0.4 is 5.56 Å². The van der Waals surface area contributed by atoms with Crippen LogP contribution in [-0.4, -0.2) is 9.97 Å². The van der Waals surface area contributed by atoms with Crippen LogP contribution in [0.4, 0.5) is 0 Å². The molecule has 0 saturated heterocycles. The second-order valence-electron chi connectivity index (χ2n) is 4.35. The molecule has 0 fully saturated rings. The molecule has 2 aromatic carbocycles. The van der Waals surface area contributed by atoms with Crippen LogP contribution >= 0.6 is 11.6 Å². The largest absolute Gasteiger partial charge is 0.319 e. The minimum Gasteiger partial charge on any atom is -0.319 e. The van der Waals surface area contributed by atoms with Gasteiger partial charge in [-0.25, -0.2) is 4.98 Å². The number of nitrogens with zero attached hydrogens (tertiary/aromatic N) is 1. The smallest absolute Gasteiger partial charge is 0.274 e. The number of hydrogen-bond acceptors (Lipinski definition) is 2. The zero-order chi connectivity index (χ0) is 13.9. The first-order chi connectivity index (χ1) is 9.72. The highest BCUT2D eigenvalue weighted by atomic mass is 35.5. The minimum atomic E-state index is -0.200. The first-order valence-electron chi connectivity index (χ1n) is 6.15. The van der Waals surface area contributed by atoms with E-state index >= 15 is 0 Å². The summed E-state index contributed by atoms with van der Waals surface area (Å²) in [5.41, 5.74) is 2.65. The van der Waals surface area contributed by atoms with E-state index in [0.29, 0.717) is 10.7 Å². The highest BCUT2D eigenvalue weighted by molar-refractivity contribution is 6.30. The molecule has 0 aliphatic carbocycles. The fourth-order valence-electron chi connectivity index (χ4n) is 1.91. The van der Waals surface area contributed by atoms with Gasteiger partial charge in [-0.15, -0.1) is 0 Å². The fourth-order valence-corrected chi connectivity index (χ4v) is 2.03. The van der Waals surface area contributed by atoms with Crippen LogP contribution in [0.3, 0.4) is 0 Å². The third-order valence-corrected chi connectivity index (χ3v) is 3.18. The quantitative estimate of drug-likeness (QED) is 0.778. The molecular weight excluding hydrogens is 272 g/mol. The molecule has 20 heavy (non-hydrogen) atoms. The van der Waals surface area contributed by atoms with Crippen LogP contribution in [0.1, 0.15) is 11.3 Å². The molecule has 0 spiro atoms. The maximum Gasteiger partial charge on any atom is 0.274 e. The lowest BCUT2D eigenvalue weighted by Gasteiger charge is -1.98. The van der Waals surface area contributed by atoms with Crippen molar-refractivity contribution in [3.8, 4) is 0 Å². The molecule has 3 aromatic rings. The highest BCUT2D eigenvalue weighted by Crippen LogP contribution is 2.12. The van der Waals surface area contributed by atoms with Gasteiger partial charge in [0.1, 0.15) is 5.69 Å². The summed E-state index contributed by atoms with van der Waals surface area (Å²) < 4.78 is 0. The molecule has 3 rings (SSSR count). The summed E-state index contributed by atoms with van der Waals surface area (Å²) in [4.78, 5) is 19.1. The normalized spacial score (nSPS) is 11.2. The van der Waals surface area contributed by atoms with Gasteiger partial charge in [-0.2, -0.15) is 0 Å². The molecule has 1 heterocycles. The Morgan fingerprint density at radius 1 is 1.00 bits per heavy atom. The number of rotatable bonds is 2. The van der Waals surface area contributed by atoms with Crippen molar-refractivity contribution < 1.29 is 0 Å². The first-order valence-corrected chi connectivity index (χ1v) is 6.53. The van der Waals surface area contributed by atoms with Crippen molar-refractivity contribution in [2.24, 2.45) is 0 Å². The molecule has 0 bridgehead atoms. The van der Waals surface area contributed by atoms with Crippen LogP contribution in [0, 0.1) is 0 Å². The molecule has 0 saturated carbocycles. The maximum atomic E-state index is 11.9. The number of halogens is 1. The maximum absolute atomic E-state index is 11.9. The van der Waals surface area contributed by atoms with E-state index in [2.05, 4.69) is 9.97 Å². The van der Waals surface area contributed by atoms with Crippen LogP contribution in [0.5, 0.6) is 0 Å². The summed E-state index contributed by atoms with van der Waals surface area (Å²) in [5, 5.41) is 0.684. The summed E-state index contributed by atoms with van der Waals surface area (Å²) in [6.45, 7) is 0. The Labute approximate surface area is 120 Å². The number of fused-ring (bicyclic) bond motifs is 1. The predicted octanol–water partition coefficient (Wildman–Crippen LogP) is 3.75. The Balaban J connectivity index is 2.00. The summed E-state index contributed by atoms with van der Waals surface area (Å²) >= 11 is 5.83. The number of nitrogens with one attached hydrogen (secondary N) is 1. The van der Waals surface area contributed by atoms with Crippen LogP contribution in [0.15, 0.2) is 53.3 Å². The molecular formula is C16H11ClN2O. The Bertz CT molecular complexity index is 835. The molecule has 4 heteroatoms. The third kappa shape index (κ3) is 2.63. The lowest BCUT2D eigenvalue weighted by atomic mass is 10.2. The molecule has 0 amide bonds. The average molecular weight is 283 g/mol. The van der Waals surface area contributed by atoms with E-state index in [1.165, 1.54) is 0 Å². The lowest BCUT2D eigenvalue weighted by molar-refractivity contribution is 1.19. The Kier molecular flexibility index (Phi) is 3.35. The average Bonchev–Trinajstić information content (AvgIpc) is 2.47. The van der Waals surface area contributed by atoms with Crippen LogP contribution in [0.25, 0.3) is 23.2 Å². The number of aromatic amines is 1. The number of benzene rings is 2. The van der Waals surface area contributed by atoms with E-state index in [-0.39, 0.29) is 5.56 Å². The fraction of sp³-hybridized carbons (Fsp3) is 0. The molecule has 98 valence electrons. The first kappa shape index (κ1) is 12.6. The van der Waals surface area contributed by atoms with E-state index in [1.54, 1.807) is 18.2 Å². The predicted molar refractivity (Wildman–Crippen MR) is 82.7 cm³/mol. The Morgan fingerprint density at radius 3 is 2.55 bits per heavy atom. The van der Waals surface area contributed by atoms with Gasteiger partial charge in [0, 0.05) is 5.02 Å². The molecule has 1 aromatic heterocycles. The summed E-state index contributed by atoms with van der Waals surface area (Å²) in [6.07, 6.45) is 3.54. The van der Waals surface area contributed by atoms with Gasteiger partial charge in [-0.1, -0.05) is 41.9 Å². The number of H-pyrrole nitrogens is 1. The second-order valence-corrected chi connectivity index (χ2v) is 4.79. The zero-order valence-corrected chi connectivity index (χ0v) is 11.3. The molecule has 0 aliphatic rings. The van der Waals surface area contributed by atoms with Gasteiger partial charge in [-0.05, 0) is 35.9 Å². The number of para-hydroxylation sites is 2. The number of aromatic nitrogens is 2. The molecule has 0 atom stereocenters. The van der Waals surface area contributed by atoms with Crippen molar-refractivity contribution >= 4 is 34.8 Å². The SMILES string of the molecule is O=c1[nH]c2ccccc2nc1/C=C/c1ccc(Cl)cc1. The summed E-state index contributed by atoms with van der Waals surface area (Å²) in [7, 11) is 0. The van der Waals surface area contributed by atoms with Crippen molar-refractivity contribution in [2.75, 3.05) is 0 Å². The third-order valence-electron chi connectivity index (χ3n) is 2.93. The van der Waals surface area contributed by atoms with E-state index in [4.69, 9.17) is 11.6 Å². The van der Waals surface area contributed by atoms with Gasteiger partial charge in [0.25, 0.3) is 5.56 Å². The van der Waals surface area contributed by atoms with Gasteiger partial charge < -0.3 is 4.98 Å². The van der Waals surface area contributed by atoms with Crippen molar-refractivity contribution in [2.45, 2.75) is 0 Å². The van der Waals surface area contributed by atoms with Gasteiger partial charge in [0.2, 0.25) is 0 Å². The van der Waals surface area contributed by atoms with Crippen molar-refractivity contribution in [1.29, 1.82) is 0 Å². The summed E-state index contributed by atoms with van der Waals surface area (Å²) in [6, 6.07) is 14.8.